The average molecular weight is 479 g/mol. The molecule has 7 rings (SSSR count). The summed E-state index contributed by atoms with van der Waals surface area (Å²) in [5, 5.41) is 9.90. The van der Waals surface area contributed by atoms with Crippen LogP contribution in [-0.2, 0) is 0 Å². The lowest BCUT2D eigenvalue weighted by Gasteiger charge is -2.34. The van der Waals surface area contributed by atoms with Crippen molar-refractivity contribution in [2.75, 3.05) is 0 Å². The molecule has 1 aromatic heterocycles. The second kappa shape index (κ2) is 9.13. The van der Waals surface area contributed by atoms with Crippen molar-refractivity contribution in [1.29, 1.82) is 0 Å². The number of hydrogen-bond donors (Lipinski definition) is 2. The molecule has 4 aromatic carbocycles. The van der Waals surface area contributed by atoms with Crippen LogP contribution >= 0.6 is 0 Å². The molecule has 4 heteroatoms. The number of nitrogens with zero attached hydrogens (tertiary/aromatic N) is 2. The van der Waals surface area contributed by atoms with Crippen LogP contribution in [0, 0.1) is 5.92 Å². The molecule has 2 heterocycles. The Morgan fingerprint density at radius 3 is 2.16 bits per heavy atom. The van der Waals surface area contributed by atoms with E-state index in [0.717, 1.165) is 23.5 Å². The summed E-state index contributed by atoms with van der Waals surface area (Å²) in [4.78, 5) is 5.16. The highest BCUT2D eigenvalue weighted by atomic mass is 15.3. The van der Waals surface area contributed by atoms with Crippen LogP contribution in [0.1, 0.15) is 29.9 Å². The minimum Gasteiger partial charge on any atom is -0.354 e. The van der Waals surface area contributed by atoms with Gasteiger partial charge in [-0.3, -0.25) is 5.32 Å². The number of nitrogens with one attached hydrogen (secondary N) is 2. The molecule has 1 aliphatic carbocycles. The zero-order valence-corrected chi connectivity index (χ0v) is 20.3. The molecule has 2 N–H and O–H groups in total. The number of hydrogen-bond acceptors (Lipinski definition) is 3. The smallest absolute Gasteiger partial charge is 0.129 e. The van der Waals surface area contributed by atoms with E-state index in [-0.39, 0.29) is 18.2 Å². The molecule has 0 fully saturated rings. The Bertz CT molecular complexity index is 1690. The van der Waals surface area contributed by atoms with Crippen molar-refractivity contribution in [3.63, 3.8) is 0 Å². The highest BCUT2D eigenvalue weighted by Crippen LogP contribution is 2.33. The average Bonchev–Trinajstić information content (AvgIpc) is 3.32. The predicted octanol–water partition coefficient (Wildman–Crippen LogP) is 6.96. The molecule has 178 valence electrons. The Morgan fingerprint density at radius 1 is 0.730 bits per heavy atom. The second-order valence-electron chi connectivity index (χ2n) is 9.54. The van der Waals surface area contributed by atoms with Crippen molar-refractivity contribution >= 4 is 27.6 Å². The third-order valence-electron chi connectivity index (χ3n) is 7.23. The van der Waals surface area contributed by atoms with Gasteiger partial charge in [0.25, 0.3) is 0 Å². The fourth-order valence-electron chi connectivity index (χ4n) is 5.45. The highest BCUT2D eigenvalue weighted by molar-refractivity contribution is 6.09. The van der Waals surface area contributed by atoms with Gasteiger partial charge in [-0.2, -0.15) is 0 Å². The molecule has 0 saturated heterocycles. The van der Waals surface area contributed by atoms with E-state index >= 15 is 0 Å². The van der Waals surface area contributed by atoms with Crippen molar-refractivity contribution < 1.29 is 0 Å². The summed E-state index contributed by atoms with van der Waals surface area (Å²) < 4.78 is 2.36. The van der Waals surface area contributed by atoms with Gasteiger partial charge in [0.2, 0.25) is 0 Å². The SMILES string of the molecule is C1=C=CC(C2=NC(c3cccc(-n4c5ccccc5c5ccccc54)c3)NC(c3ccccc3)N2)CC=1. The molecule has 0 bridgehead atoms. The normalized spacial score (nSPS) is 20.8. The van der Waals surface area contributed by atoms with Crippen LogP contribution < -0.4 is 10.6 Å². The minimum atomic E-state index is -0.183. The number of para-hydroxylation sites is 2. The number of allylic oxidation sites excluding steroid dienone is 1. The van der Waals surface area contributed by atoms with E-state index in [4.69, 9.17) is 4.99 Å². The van der Waals surface area contributed by atoms with Crippen molar-refractivity contribution in [3.05, 3.63) is 138 Å². The van der Waals surface area contributed by atoms with Gasteiger partial charge < -0.3 is 9.88 Å². The van der Waals surface area contributed by atoms with Crippen molar-refractivity contribution in [2.24, 2.45) is 10.9 Å². The third kappa shape index (κ3) is 3.91. The van der Waals surface area contributed by atoms with E-state index in [2.05, 4.69) is 130 Å². The molecule has 5 aromatic rings. The molecule has 0 amide bonds. The Kier molecular flexibility index (Phi) is 5.35. The second-order valence-corrected chi connectivity index (χ2v) is 9.54. The van der Waals surface area contributed by atoms with Gasteiger partial charge in [0, 0.05) is 22.4 Å². The number of aromatic nitrogens is 1. The lowest BCUT2D eigenvalue weighted by Crippen LogP contribution is -2.46. The van der Waals surface area contributed by atoms with Gasteiger partial charge in [0.1, 0.15) is 18.2 Å². The Balaban J connectivity index is 1.34. The van der Waals surface area contributed by atoms with Gasteiger partial charge in [0.15, 0.2) is 0 Å². The molecule has 0 spiro atoms. The molecule has 0 saturated carbocycles. The first kappa shape index (κ1) is 21.7. The number of benzene rings is 4. The molecule has 37 heavy (non-hydrogen) atoms. The fourth-order valence-corrected chi connectivity index (χ4v) is 5.45. The quantitative estimate of drug-likeness (QED) is 0.274. The van der Waals surface area contributed by atoms with Crippen molar-refractivity contribution in [1.82, 2.24) is 15.2 Å². The van der Waals surface area contributed by atoms with Crippen LogP contribution in [0.5, 0.6) is 0 Å². The van der Waals surface area contributed by atoms with E-state index in [1.807, 2.05) is 12.1 Å². The fraction of sp³-hybridized carbons (Fsp3) is 0.121. The zero-order valence-electron chi connectivity index (χ0n) is 20.3. The Morgan fingerprint density at radius 2 is 1.43 bits per heavy atom. The van der Waals surface area contributed by atoms with Gasteiger partial charge in [-0.25, -0.2) is 4.99 Å². The number of amidine groups is 1. The molecular weight excluding hydrogens is 452 g/mol. The summed E-state index contributed by atoms with van der Waals surface area (Å²) in [7, 11) is 0. The van der Waals surface area contributed by atoms with Crippen LogP contribution in [-0.4, -0.2) is 10.4 Å². The number of aliphatic imine (C=N–C) groups is 1. The molecule has 3 atom stereocenters. The van der Waals surface area contributed by atoms with Crippen LogP contribution in [0.4, 0.5) is 0 Å². The lowest BCUT2D eigenvalue weighted by atomic mass is 9.99. The molecule has 1 aliphatic heterocycles. The third-order valence-corrected chi connectivity index (χ3v) is 7.23. The van der Waals surface area contributed by atoms with Crippen LogP contribution in [0.15, 0.2) is 132 Å². The van der Waals surface area contributed by atoms with E-state index < -0.39 is 0 Å². The van der Waals surface area contributed by atoms with E-state index in [1.54, 1.807) is 0 Å². The maximum absolute atomic E-state index is 5.16. The van der Waals surface area contributed by atoms with Crippen LogP contribution in [0.2, 0.25) is 0 Å². The zero-order chi connectivity index (χ0) is 24.6. The van der Waals surface area contributed by atoms with E-state index in [9.17, 15) is 0 Å². The summed E-state index contributed by atoms with van der Waals surface area (Å²) in [6.07, 6.45) is 4.74. The summed E-state index contributed by atoms with van der Waals surface area (Å²) in [6.45, 7) is 0. The first-order valence-corrected chi connectivity index (χ1v) is 12.7. The topological polar surface area (TPSA) is 41.4 Å². The summed E-state index contributed by atoms with van der Waals surface area (Å²) in [5.74, 6) is 1.14. The summed E-state index contributed by atoms with van der Waals surface area (Å²) in [6, 6.07) is 36.5. The summed E-state index contributed by atoms with van der Waals surface area (Å²) >= 11 is 0. The Hall–Kier alpha value is -4.59. The van der Waals surface area contributed by atoms with Gasteiger partial charge >= 0.3 is 0 Å². The monoisotopic (exact) mass is 478 g/mol. The number of fused-ring (bicyclic) bond motifs is 3. The maximum atomic E-state index is 5.16. The first-order chi connectivity index (χ1) is 18.3. The van der Waals surface area contributed by atoms with E-state index in [0.29, 0.717) is 0 Å². The highest BCUT2D eigenvalue weighted by Gasteiger charge is 2.28. The van der Waals surface area contributed by atoms with Gasteiger partial charge in [-0.15, -0.1) is 0 Å². The molecule has 3 unspecified atom stereocenters. The molecule has 2 aliphatic rings. The van der Waals surface area contributed by atoms with Gasteiger partial charge in [0.05, 0.1) is 11.0 Å². The first-order valence-electron chi connectivity index (χ1n) is 12.7. The maximum Gasteiger partial charge on any atom is 0.129 e. The lowest BCUT2D eigenvalue weighted by molar-refractivity contribution is 0.399. The van der Waals surface area contributed by atoms with Crippen LogP contribution in [0.3, 0.4) is 0 Å². The predicted molar refractivity (Wildman–Crippen MR) is 151 cm³/mol. The van der Waals surface area contributed by atoms with Crippen molar-refractivity contribution in [3.8, 4) is 5.69 Å². The summed E-state index contributed by atoms with van der Waals surface area (Å²) in [5.41, 5.74) is 12.0. The van der Waals surface area contributed by atoms with Gasteiger partial charge in [-0.1, -0.05) is 90.3 Å². The van der Waals surface area contributed by atoms with Crippen LogP contribution in [0.25, 0.3) is 27.5 Å². The molecule has 4 nitrogen and oxygen atoms in total. The standard InChI is InChI=1S/C33H26N4/c1-3-12-23(13-4-1)31-34-32(24-14-5-2-6-15-24)36-33(35-31)25-16-11-17-26(22-25)37-29-20-9-7-18-27(29)28-19-8-10-21-30(28)37/h1,3-5,7-13,15-22,24,31,33,35H,14H2,(H,34,36). The van der Waals surface area contributed by atoms with Gasteiger partial charge in [-0.05, 0) is 54.0 Å². The van der Waals surface area contributed by atoms with Crippen molar-refractivity contribution in [2.45, 2.75) is 18.8 Å². The number of rotatable bonds is 4. The Labute approximate surface area is 216 Å². The largest absolute Gasteiger partial charge is 0.354 e. The molecular formula is C33H26N4. The van der Waals surface area contributed by atoms with E-state index in [1.165, 1.54) is 27.4 Å². The molecule has 0 radical (unpaired) electrons. The minimum absolute atomic E-state index is 0.0427.